The zero-order valence-electron chi connectivity index (χ0n) is 25.7. The third-order valence-corrected chi connectivity index (χ3v) is 11.1. The van der Waals surface area contributed by atoms with Gasteiger partial charge in [0.15, 0.2) is 9.84 Å². The monoisotopic (exact) mass is 745 g/mol. The van der Waals surface area contributed by atoms with Crippen molar-refractivity contribution in [2.24, 2.45) is 0 Å². The molecular formula is C34H24F9NO6S. The van der Waals surface area contributed by atoms with Crippen LogP contribution in [-0.2, 0) is 31.5 Å². The van der Waals surface area contributed by atoms with Gasteiger partial charge in [-0.2, -0.15) is 26.3 Å². The van der Waals surface area contributed by atoms with E-state index in [9.17, 15) is 57.5 Å². The summed E-state index contributed by atoms with van der Waals surface area (Å²) in [7, 11) is -4.69. The van der Waals surface area contributed by atoms with Gasteiger partial charge in [-0.15, -0.1) is 0 Å². The number of sulfone groups is 1. The molecule has 0 aliphatic carbocycles. The lowest BCUT2D eigenvalue weighted by Crippen LogP contribution is -2.56. The van der Waals surface area contributed by atoms with Gasteiger partial charge >= 0.3 is 18.3 Å². The molecule has 1 heterocycles. The summed E-state index contributed by atoms with van der Waals surface area (Å²) >= 11 is 0. The van der Waals surface area contributed by atoms with Crippen molar-refractivity contribution in [3.8, 4) is 0 Å². The van der Waals surface area contributed by atoms with E-state index in [1.54, 1.807) is 0 Å². The molecule has 1 N–H and O–H groups in total. The highest BCUT2D eigenvalue weighted by Gasteiger charge is 2.73. The number of aromatic carboxylic acids is 1. The normalized spacial score (nSPS) is 17.1. The van der Waals surface area contributed by atoms with Crippen molar-refractivity contribution < 1.29 is 67.4 Å². The molecule has 4 aromatic carbocycles. The number of hydrogen-bond donors (Lipinski definition) is 1. The Morgan fingerprint density at radius 3 is 1.80 bits per heavy atom. The van der Waals surface area contributed by atoms with E-state index in [2.05, 4.69) is 4.74 Å². The Bertz CT molecular complexity index is 2020. The van der Waals surface area contributed by atoms with Gasteiger partial charge in [0.2, 0.25) is 0 Å². The average Bonchev–Trinajstić information content (AvgIpc) is 3.53. The van der Waals surface area contributed by atoms with Crippen LogP contribution < -0.4 is 0 Å². The number of alkyl halides is 6. The van der Waals surface area contributed by atoms with Crippen molar-refractivity contribution in [3.05, 3.63) is 136 Å². The first kappa shape index (κ1) is 37.4. The number of carboxylic acids is 1. The number of nitrogens with zero attached hydrogens (tertiary/aromatic N) is 1. The van der Waals surface area contributed by atoms with Crippen molar-refractivity contribution in [1.82, 2.24) is 4.90 Å². The number of ether oxygens (including phenoxy) is 1. The number of carboxylic acid groups (broad SMARTS) is 1. The maximum Gasteiger partial charge on any atom is 0.430 e. The third-order valence-electron chi connectivity index (χ3n) is 8.65. The van der Waals surface area contributed by atoms with E-state index < -0.39 is 97.5 Å². The molecule has 0 unspecified atom stereocenters. The van der Waals surface area contributed by atoms with Gasteiger partial charge in [0.05, 0.1) is 17.1 Å². The molecule has 0 saturated carbocycles. The Kier molecular flexibility index (Phi) is 9.77. The second-order valence-corrected chi connectivity index (χ2v) is 13.8. The Morgan fingerprint density at radius 1 is 0.765 bits per heavy atom. The average molecular weight is 746 g/mol. The van der Waals surface area contributed by atoms with E-state index in [-0.39, 0.29) is 23.2 Å². The van der Waals surface area contributed by atoms with E-state index in [1.807, 2.05) is 0 Å². The molecule has 5 rings (SSSR count). The quantitative estimate of drug-likeness (QED) is 0.140. The lowest BCUT2D eigenvalue weighted by molar-refractivity contribution is -0.392. The van der Waals surface area contributed by atoms with Crippen LogP contribution in [0.25, 0.3) is 0 Å². The van der Waals surface area contributed by atoms with Crippen molar-refractivity contribution in [1.29, 1.82) is 0 Å². The van der Waals surface area contributed by atoms with Gasteiger partial charge in [-0.3, -0.25) is 4.79 Å². The first-order chi connectivity index (χ1) is 23.7. The fourth-order valence-corrected chi connectivity index (χ4v) is 8.01. The second-order valence-electron chi connectivity index (χ2n) is 11.6. The van der Waals surface area contributed by atoms with E-state index >= 15 is 0 Å². The van der Waals surface area contributed by atoms with Crippen LogP contribution in [0.4, 0.5) is 39.5 Å². The standard InChI is InChI=1S/C34H24F9NO6S/c35-24-12-14-25(15-13-24)51(48,49)31(16-17-44(19-31)29(45)20-4-6-21(7-5-20)30(46)47)22-8-10-23(11-9-22)32(33(38,39)40,34(41,42)43)50-18-26-27(36)2-1-3-28(26)37/h1-15H,16-19H2,(H,46,47)/t31-/m0/s1. The van der Waals surface area contributed by atoms with Gasteiger partial charge in [-0.05, 0) is 72.6 Å². The summed E-state index contributed by atoms with van der Waals surface area (Å²) in [4.78, 5) is 25.2. The Labute approximate surface area is 283 Å². The van der Waals surface area contributed by atoms with Crippen LogP contribution in [0.3, 0.4) is 0 Å². The summed E-state index contributed by atoms with van der Waals surface area (Å²) in [6, 6.07) is 12.2. The minimum Gasteiger partial charge on any atom is -0.478 e. The zero-order valence-corrected chi connectivity index (χ0v) is 26.6. The molecule has 0 radical (unpaired) electrons. The second kappa shape index (κ2) is 13.3. The molecule has 1 fully saturated rings. The number of amides is 1. The van der Waals surface area contributed by atoms with Gasteiger partial charge in [0.1, 0.15) is 22.2 Å². The van der Waals surface area contributed by atoms with Crippen LogP contribution in [0.15, 0.2) is 95.9 Å². The molecule has 4 aromatic rings. The maximum absolute atomic E-state index is 14.5. The van der Waals surface area contributed by atoms with Crippen LogP contribution in [0.5, 0.6) is 0 Å². The van der Waals surface area contributed by atoms with Crippen molar-refractivity contribution in [3.63, 3.8) is 0 Å². The lowest BCUT2D eigenvalue weighted by atomic mass is 9.88. The molecule has 0 bridgehead atoms. The van der Waals surface area contributed by atoms with E-state index in [1.165, 1.54) is 12.1 Å². The fraction of sp³-hybridized carbons (Fsp3) is 0.235. The van der Waals surface area contributed by atoms with Gasteiger partial charge in [0, 0.05) is 29.8 Å². The number of carbonyl (C=O) groups is 2. The van der Waals surface area contributed by atoms with Crippen LogP contribution in [0.1, 0.15) is 43.8 Å². The molecule has 1 amide bonds. The van der Waals surface area contributed by atoms with E-state index in [0.717, 1.165) is 47.4 Å². The molecular weight excluding hydrogens is 721 g/mol. The zero-order chi connectivity index (χ0) is 37.6. The van der Waals surface area contributed by atoms with E-state index in [4.69, 9.17) is 5.11 Å². The highest BCUT2D eigenvalue weighted by molar-refractivity contribution is 7.92. The van der Waals surface area contributed by atoms with Crippen LogP contribution >= 0.6 is 0 Å². The predicted molar refractivity (Wildman–Crippen MR) is 161 cm³/mol. The highest BCUT2D eigenvalue weighted by atomic mass is 32.2. The first-order valence-electron chi connectivity index (χ1n) is 14.7. The Morgan fingerprint density at radius 2 is 1.29 bits per heavy atom. The number of hydrogen-bond acceptors (Lipinski definition) is 5. The number of benzene rings is 4. The summed E-state index contributed by atoms with van der Waals surface area (Å²) in [5, 5.41) is 9.15. The van der Waals surface area contributed by atoms with E-state index in [0.29, 0.717) is 36.4 Å². The predicted octanol–water partition coefficient (Wildman–Crippen LogP) is 7.55. The molecule has 1 aliphatic rings. The molecule has 51 heavy (non-hydrogen) atoms. The van der Waals surface area contributed by atoms with Crippen LogP contribution in [-0.4, -0.2) is 55.7 Å². The number of carbonyl (C=O) groups excluding carboxylic acids is 1. The van der Waals surface area contributed by atoms with Crippen molar-refractivity contribution in [2.45, 2.75) is 40.6 Å². The Hall–Kier alpha value is -4.90. The van der Waals surface area contributed by atoms with Crippen molar-refractivity contribution >= 4 is 21.7 Å². The molecule has 270 valence electrons. The topological polar surface area (TPSA) is 101 Å². The summed E-state index contributed by atoms with van der Waals surface area (Å²) in [5.41, 5.74) is -8.49. The summed E-state index contributed by atoms with van der Waals surface area (Å²) in [5.74, 6) is -5.79. The summed E-state index contributed by atoms with van der Waals surface area (Å²) < 4.78 is 160. The summed E-state index contributed by atoms with van der Waals surface area (Å²) in [6.45, 7) is -2.75. The molecule has 0 spiro atoms. The van der Waals surface area contributed by atoms with Gasteiger partial charge in [0.25, 0.3) is 11.5 Å². The molecule has 1 aliphatic heterocycles. The lowest BCUT2D eigenvalue weighted by Gasteiger charge is -2.38. The molecule has 1 saturated heterocycles. The van der Waals surface area contributed by atoms with Crippen LogP contribution in [0.2, 0.25) is 0 Å². The highest BCUT2D eigenvalue weighted by Crippen LogP contribution is 2.54. The number of likely N-dealkylation sites (tertiary alicyclic amines) is 1. The SMILES string of the molecule is O=C(O)c1ccc(C(=O)N2CC[C@](c3ccc(C(OCc4c(F)cccc4F)(C(F)(F)F)C(F)(F)F)cc3)(S(=O)(=O)c3ccc(F)cc3)C2)cc1. The summed E-state index contributed by atoms with van der Waals surface area (Å²) in [6.07, 6.45) is -12.9. The minimum atomic E-state index is -6.26. The number of halogens is 9. The molecule has 1 atom stereocenters. The largest absolute Gasteiger partial charge is 0.478 e. The fourth-order valence-electron chi connectivity index (χ4n) is 5.94. The minimum absolute atomic E-state index is 0.0473. The maximum atomic E-state index is 14.5. The van der Waals surface area contributed by atoms with Gasteiger partial charge < -0.3 is 14.7 Å². The number of rotatable bonds is 9. The molecule has 17 heteroatoms. The molecule has 0 aromatic heterocycles. The smallest absolute Gasteiger partial charge is 0.430 e. The van der Waals surface area contributed by atoms with Crippen molar-refractivity contribution in [2.75, 3.05) is 13.1 Å². The first-order valence-corrected chi connectivity index (χ1v) is 16.2. The van der Waals surface area contributed by atoms with Gasteiger partial charge in [-0.1, -0.05) is 30.3 Å². The Balaban J connectivity index is 1.60. The molecule has 7 nitrogen and oxygen atoms in total. The third kappa shape index (κ3) is 6.55. The van der Waals surface area contributed by atoms with Gasteiger partial charge in [-0.25, -0.2) is 26.4 Å². The van der Waals surface area contributed by atoms with Crippen LogP contribution in [0, 0.1) is 17.5 Å².